The van der Waals surface area contributed by atoms with Crippen LogP contribution in [0, 0.1) is 12.8 Å². The van der Waals surface area contributed by atoms with Gasteiger partial charge in [-0.15, -0.1) is 0 Å². The van der Waals surface area contributed by atoms with Crippen LogP contribution in [0.3, 0.4) is 0 Å². The Morgan fingerprint density at radius 2 is 1.87 bits per heavy atom. The van der Waals surface area contributed by atoms with Crippen LogP contribution in [0.2, 0.25) is 0 Å². The Hall–Kier alpha value is -1.31. The molecule has 0 unspecified atom stereocenters. The van der Waals surface area contributed by atoms with Crippen molar-refractivity contribution in [1.82, 2.24) is 0 Å². The molecule has 0 N–H and O–H groups in total. The third-order valence-corrected chi connectivity index (χ3v) is 2.19. The summed E-state index contributed by atoms with van der Waals surface area (Å²) < 4.78 is 0. The third kappa shape index (κ3) is 3.74. The van der Waals surface area contributed by atoms with Gasteiger partial charge in [0.25, 0.3) is 0 Å². The van der Waals surface area contributed by atoms with Crippen LogP contribution in [-0.2, 0) is 4.84 Å². The molecule has 1 rings (SSSR count). The molecule has 0 spiro atoms. The van der Waals surface area contributed by atoms with Crippen LogP contribution in [0.25, 0.3) is 0 Å². The van der Waals surface area contributed by atoms with Crippen LogP contribution in [0.15, 0.2) is 29.4 Å². The molecule has 0 aliphatic rings. The van der Waals surface area contributed by atoms with E-state index >= 15 is 0 Å². The van der Waals surface area contributed by atoms with E-state index in [1.165, 1.54) is 5.56 Å². The topological polar surface area (TPSA) is 21.6 Å². The molecule has 0 fully saturated rings. The van der Waals surface area contributed by atoms with Crippen molar-refractivity contribution in [1.29, 1.82) is 0 Å². The van der Waals surface area contributed by atoms with E-state index in [0.29, 0.717) is 5.92 Å². The molecule has 0 radical (unpaired) electrons. The summed E-state index contributed by atoms with van der Waals surface area (Å²) in [5, 5.41) is 4.08. The second kappa shape index (κ2) is 5.54. The summed E-state index contributed by atoms with van der Waals surface area (Å²) >= 11 is 0. The lowest BCUT2D eigenvalue weighted by Crippen LogP contribution is -2.05. The minimum atomic E-state index is 0.584. The summed E-state index contributed by atoms with van der Waals surface area (Å²) in [6.45, 7) is 6.44. The predicted octanol–water partition coefficient (Wildman–Crippen LogP) is 3.39. The maximum absolute atomic E-state index is 4.88. The van der Waals surface area contributed by atoms with Crippen molar-refractivity contribution >= 4 is 5.71 Å². The average Bonchev–Trinajstić information content (AvgIpc) is 2.17. The zero-order valence-corrected chi connectivity index (χ0v) is 9.95. The van der Waals surface area contributed by atoms with E-state index in [4.69, 9.17) is 4.84 Å². The Bertz CT molecular complexity index is 325. The summed E-state index contributed by atoms with van der Waals surface area (Å²) in [5.74, 6) is 0.584. The SMILES string of the molecule is CO/N=C(\CC(C)C)c1ccc(C)cc1. The summed E-state index contributed by atoms with van der Waals surface area (Å²) in [6.07, 6.45) is 0.941. The Morgan fingerprint density at radius 3 is 2.33 bits per heavy atom. The molecule has 0 heterocycles. The number of nitrogens with zero attached hydrogens (tertiary/aromatic N) is 1. The Morgan fingerprint density at radius 1 is 1.27 bits per heavy atom. The van der Waals surface area contributed by atoms with Crippen molar-refractivity contribution in [3.8, 4) is 0 Å². The molecule has 2 nitrogen and oxygen atoms in total. The summed E-state index contributed by atoms with van der Waals surface area (Å²) in [6, 6.07) is 8.38. The molecule has 2 heteroatoms. The second-order valence-corrected chi connectivity index (χ2v) is 4.18. The quantitative estimate of drug-likeness (QED) is 0.545. The first-order valence-electron chi connectivity index (χ1n) is 5.30. The smallest absolute Gasteiger partial charge is 0.106 e. The molecule has 0 amide bonds. The highest BCUT2D eigenvalue weighted by atomic mass is 16.6. The summed E-state index contributed by atoms with van der Waals surface area (Å²) in [5.41, 5.74) is 3.43. The molecule has 0 bridgehead atoms. The molecule has 0 saturated heterocycles. The van der Waals surface area contributed by atoms with Gasteiger partial charge in [-0.3, -0.25) is 0 Å². The first-order chi connectivity index (χ1) is 7.13. The highest BCUT2D eigenvalue weighted by Gasteiger charge is 2.06. The van der Waals surface area contributed by atoms with Gasteiger partial charge in [0, 0.05) is 0 Å². The molecule has 1 aromatic rings. The molecule has 0 aromatic heterocycles. The number of rotatable bonds is 4. The normalized spacial score (nSPS) is 11.9. The number of oxime groups is 1. The monoisotopic (exact) mass is 205 g/mol. The Kier molecular flexibility index (Phi) is 4.35. The highest BCUT2D eigenvalue weighted by Crippen LogP contribution is 2.11. The fourth-order valence-electron chi connectivity index (χ4n) is 1.45. The van der Waals surface area contributed by atoms with E-state index in [1.54, 1.807) is 7.11 Å². The number of benzene rings is 1. The average molecular weight is 205 g/mol. The number of hydrogen-bond acceptors (Lipinski definition) is 2. The summed E-state index contributed by atoms with van der Waals surface area (Å²) in [7, 11) is 1.59. The first kappa shape index (κ1) is 11.8. The van der Waals surface area contributed by atoms with Gasteiger partial charge in [0.05, 0.1) is 5.71 Å². The molecule has 0 atom stereocenters. The van der Waals surface area contributed by atoms with Crippen LogP contribution >= 0.6 is 0 Å². The van der Waals surface area contributed by atoms with Gasteiger partial charge in [-0.05, 0) is 24.8 Å². The standard InChI is InChI=1S/C13H19NO/c1-10(2)9-13(14-15-4)12-7-5-11(3)6-8-12/h5-8,10H,9H2,1-4H3/b14-13+. The zero-order chi connectivity index (χ0) is 11.3. The van der Waals surface area contributed by atoms with Crippen molar-refractivity contribution in [2.45, 2.75) is 27.2 Å². The summed E-state index contributed by atoms with van der Waals surface area (Å²) in [4.78, 5) is 4.88. The van der Waals surface area contributed by atoms with Crippen LogP contribution in [0.1, 0.15) is 31.4 Å². The van der Waals surface area contributed by atoms with Gasteiger partial charge in [-0.2, -0.15) is 0 Å². The number of aryl methyl sites for hydroxylation is 1. The molecule has 1 aromatic carbocycles. The van der Waals surface area contributed by atoms with E-state index in [-0.39, 0.29) is 0 Å². The van der Waals surface area contributed by atoms with Crippen molar-refractivity contribution in [3.05, 3.63) is 35.4 Å². The van der Waals surface area contributed by atoms with E-state index < -0.39 is 0 Å². The maximum Gasteiger partial charge on any atom is 0.106 e. The fraction of sp³-hybridized carbons (Fsp3) is 0.462. The van der Waals surface area contributed by atoms with Crippen LogP contribution in [0.5, 0.6) is 0 Å². The highest BCUT2D eigenvalue weighted by molar-refractivity contribution is 6.00. The minimum Gasteiger partial charge on any atom is -0.399 e. The van der Waals surface area contributed by atoms with Gasteiger partial charge in [0.1, 0.15) is 7.11 Å². The van der Waals surface area contributed by atoms with Crippen molar-refractivity contribution < 1.29 is 4.84 Å². The fourth-order valence-corrected chi connectivity index (χ4v) is 1.45. The molecule has 82 valence electrons. The largest absolute Gasteiger partial charge is 0.399 e. The van der Waals surface area contributed by atoms with E-state index in [0.717, 1.165) is 17.7 Å². The van der Waals surface area contributed by atoms with E-state index in [9.17, 15) is 0 Å². The second-order valence-electron chi connectivity index (χ2n) is 4.18. The Labute approximate surface area is 91.9 Å². The van der Waals surface area contributed by atoms with Crippen molar-refractivity contribution in [2.75, 3.05) is 7.11 Å². The maximum atomic E-state index is 4.88. The van der Waals surface area contributed by atoms with Gasteiger partial charge in [-0.25, -0.2) is 0 Å². The molecule has 0 aliphatic heterocycles. The van der Waals surface area contributed by atoms with Gasteiger partial charge in [0.15, 0.2) is 0 Å². The van der Waals surface area contributed by atoms with Crippen LogP contribution < -0.4 is 0 Å². The van der Waals surface area contributed by atoms with Gasteiger partial charge < -0.3 is 4.84 Å². The molecule has 0 saturated carbocycles. The van der Waals surface area contributed by atoms with Gasteiger partial charge >= 0.3 is 0 Å². The lowest BCUT2D eigenvalue weighted by molar-refractivity contribution is 0.212. The van der Waals surface area contributed by atoms with Crippen LogP contribution in [0.4, 0.5) is 0 Å². The molecule has 0 aliphatic carbocycles. The molecular formula is C13H19NO. The molecule has 15 heavy (non-hydrogen) atoms. The first-order valence-corrected chi connectivity index (χ1v) is 5.30. The van der Waals surface area contributed by atoms with E-state index in [1.807, 2.05) is 0 Å². The number of hydrogen-bond donors (Lipinski definition) is 0. The lowest BCUT2D eigenvalue weighted by atomic mass is 10.00. The van der Waals surface area contributed by atoms with Crippen molar-refractivity contribution in [3.63, 3.8) is 0 Å². The van der Waals surface area contributed by atoms with E-state index in [2.05, 4.69) is 50.2 Å². The van der Waals surface area contributed by atoms with Crippen LogP contribution in [-0.4, -0.2) is 12.8 Å². The lowest BCUT2D eigenvalue weighted by Gasteiger charge is -2.08. The zero-order valence-electron chi connectivity index (χ0n) is 9.95. The van der Waals surface area contributed by atoms with Crippen molar-refractivity contribution in [2.24, 2.45) is 11.1 Å². The van der Waals surface area contributed by atoms with Gasteiger partial charge in [-0.1, -0.05) is 48.8 Å². The molecular weight excluding hydrogens is 186 g/mol. The van der Waals surface area contributed by atoms with Gasteiger partial charge in [0.2, 0.25) is 0 Å². The minimum absolute atomic E-state index is 0.584. The third-order valence-electron chi connectivity index (χ3n) is 2.19. The predicted molar refractivity (Wildman–Crippen MR) is 64.2 cm³/mol. The Balaban J connectivity index is 2.89.